The van der Waals surface area contributed by atoms with Gasteiger partial charge < -0.3 is 14.4 Å². The molecule has 0 N–H and O–H groups in total. The topological polar surface area (TPSA) is 86.0 Å². The molecule has 0 saturated heterocycles. The first-order valence-electron chi connectivity index (χ1n) is 12.6. The molecule has 1 heterocycles. The number of anilines is 1. The number of halogens is 1. The molecule has 2 aromatic carbocycles. The van der Waals surface area contributed by atoms with Crippen LogP contribution in [0.3, 0.4) is 0 Å². The number of rotatable bonds is 8. The highest BCUT2D eigenvalue weighted by Gasteiger charge is 2.22. The van der Waals surface area contributed by atoms with Crippen molar-refractivity contribution in [3.05, 3.63) is 62.6 Å². The van der Waals surface area contributed by atoms with E-state index < -0.39 is 5.97 Å². The van der Waals surface area contributed by atoms with Gasteiger partial charge in [0.05, 0.1) is 23.2 Å². The molecule has 3 aromatic rings. The number of ether oxygens (including phenoxy) is 2. The van der Waals surface area contributed by atoms with Gasteiger partial charge in [0.15, 0.2) is 6.61 Å². The van der Waals surface area contributed by atoms with E-state index in [-0.39, 0.29) is 24.2 Å². The van der Waals surface area contributed by atoms with Gasteiger partial charge in [0, 0.05) is 41.8 Å². The predicted octanol–water partition coefficient (Wildman–Crippen LogP) is 5.49. The van der Waals surface area contributed by atoms with E-state index in [4.69, 9.17) is 14.5 Å². The molecule has 0 radical (unpaired) electrons. The number of carbonyl (C=O) groups is 1. The molecule has 1 aliphatic rings. The van der Waals surface area contributed by atoms with E-state index in [2.05, 4.69) is 21.0 Å². The van der Waals surface area contributed by atoms with Gasteiger partial charge in [-0.2, -0.15) is 9.78 Å². The number of hydrogen-bond donors (Lipinski definition) is 0. The summed E-state index contributed by atoms with van der Waals surface area (Å²) >= 11 is 3.46. The number of hydrogen-bond acceptors (Lipinski definition) is 7. The van der Waals surface area contributed by atoms with E-state index in [1.54, 1.807) is 26.1 Å². The fourth-order valence-electron chi connectivity index (χ4n) is 4.49. The largest absolute Gasteiger partial charge is 0.481 e. The monoisotopic (exact) mass is 568 g/mol. The summed E-state index contributed by atoms with van der Waals surface area (Å²) in [7, 11) is 3.85. The van der Waals surface area contributed by atoms with Crippen LogP contribution in [-0.4, -0.2) is 48.7 Å². The number of esters is 1. The zero-order chi connectivity index (χ0) is 26.5. The maximum atomic E-state index is 13.6. The first-order valence-corrected chi connectivity index (χ1v) is 13.4. The Balaban J connectivity index is 1.75. The van der Waals surface area contributed by atoms with Crippen LogP contribution in [0, 0.1) is 0 Å². The Bertz CT molecular complexity index is 1360. The third kappa shape index (κ3) is 6.57. The molecule has 0 unspecified atom stereocenters. The predicted molar refractivity (Wildman–Crippen MR) is 150 cm³/mol. The molecule has 4 rings (SSSR count). The number of carbonyl (C=O) groups excluding carboxylic acids is 1. The lowest BCUT2D eigenvalue weighted by molar-refractivity contribution is -0.149. The van der Waals surface area contributed by atoms with Crippen molar-refractivity contribution >= 4 is 44.7 Å². The first kappa shape index (κ1) is 26.9. The summed E-state index contributed by atoms with van der Waals surface area (Å²) in [5, 5.41) is 5.14. The van der Waals surface area contributed by atoms with Crippen molar-refractivity contribution in [3.63, 3.8) is 0 Å². The minimum Gasteiger partial charge on any atom is -0.481 e. The number of fused-ring (bicyclic) bond motifs is 1. The van der Waals surface area contributed by atoms with Crippen molar-refractivity contribution in [2.45, 2.75) is 58.0 Å². The summed E-state index contributed by atoms with van der Waals surface area (Å²) in [6.45, 7) is 3.36. The molecule has 1 aromatic heterocycles. The van der Waals surface area contributed by atoms with Crippen molar-refractivity contribution in [2.75, 3.05) is 25.6 Å². The van der Waals surface area contributed by atoms with Gasteiger partial charge in [-0.15, -0.1) is 0 Å². The molecule has 0 bridgehead atoms. The van der Waals surface area contributed by atoms with Gasteiger partial charge in [0.2, 0.25) is 0 Å². The Hall–Kier alpha value is -3.20. The normalized spacial score (nSPS) is 14.4. The van der Waals surface area contributed by atoms with Crippen LogP contribution < -0.4 is 15.2 Å². The van der Waals surface area contributed by atoms with Crippen LogP contribution in [0.2, 0.25) is 0 Å². The maximum absolute atomic E-state index is 13.6. The Morgan fingerprint density at radius 1 is 1.19 bits per heavy atom. The summed E-state index contributed by atoms with van der Waals surface area (Å²) < 4.78 is 13.3. The van der Waals surface area contributed by atoms with E-state index in [1.807, 2.05) is 49.3 Å². The molecule has 0 atom stereocenters. The van der Waals surface area contributed by atoms with Gasteiger partial charge in [0.25, 0.3) is 5.56 Å². The van der Waals surface area contributed by atoms with Gasteiger partial charge in [-0.3, -0.25) is 4.79 Å². The fourth-order valence-corrected chi connectivity index (χ4v) is 4.85. The molecule has 196 valence electrons. The van der Waals surface area contributed by atoms with Crippen molar-refractivity contribution in [1.82, 2.24) is 9.66 Å². The number of aromatic nitrogens is 2. The summed E-state index contributed by atoms with van der Waals surface area (Å²) in [5.74, 6) is 0.876. The van der Waals surface area contributed by atoms with Crippen LogP contribution in [0.5, 0.6) is 5.75 Å². The van der Waals surface area contributed by atoms with Gasteiger partial charge in [-0.25, -0.2) is 9.78 Å². The van der Waals surface area contributed by atoms with Crippen LogP contribution in [0.15, 0.2) is 50.8 Å². The third-order valence-electron chi connectivity index (χ3n) is 6.34. The number of nitrogens with zero attached hydrogens (tertiary/aromatic N) is 4. The molecular weight excluding hydrogens is 536 g/mol. The fraction of sp³-hybridized carbons (Fsp3) is 0.429. The van der Waals surface area contributed by atoms with Crippen LogP contribution in [0.1, 0.15) is 63.3 Å². The summed E-state index contributed by atoms with van der Waals surface area (Å²) in [6, 6.07) is 11.2. The van der Waals surface area contributed by atoms with Crippen LogP contribution >= 0.6 is 15.9 Å². The highest BCUT2D eigenvalue weighted by atomic mass is 79.9. The molecule has 8 nitrogen and oxygen atoms in total. The number of benzene rings is 2. The molecule has 0 spiro atoms. The molecule has 0 amide bonds. The summed E-state index contributed by atoms with van der Waals surface area (Å²) in [5.41, 5.74) is 2.00. The lowest BCUT2D eigenvalue weighted by Crippen LogP contribution is -2.25. The van der Waals surface area contributed by atoms with Gasteiger partial charge >= 0.3 is 5.97 Å². The van der Waals surface area contributed by atoms with E-state index in [0.717, 1.165) is 35.8 Å². The molecule has 9 heteroatoms. The smallest absolute Gasteiger partial charge is 0.344 e. The third-order valence-corrected chi connectivity index (χ3v) is 6.84. The quantitative estimate of drug-likeness (QED) is 0.264. The highest BCUT2D eigenvalue weighted by molar-refractivity contribution is 9.10. The average molecular weight is 570 g/mol. The Morgan fingerprint density at radius 3 is 2.65 bits per heavy atom. The average Bonchev–Trinajstić information content (AvgIpc) is 2.87. The molecule has 1 saturated carbocycles. The first-order chi connectivity index (χ1) is 17.7. The highest BCUT2D eigenvalue weighted by Crippen LogP contribution is 2.32. The van der Waals surface area contributed by atoms with Crippen LogP contribution in [-0.2, 0) is 9.53 Å². The Morgan fingerprint density at radius 2 is 1.95 bits per heavy atom. The molecule has 1 fully saturated rings. The van der Waals surface area contributed by atoms with Crippen molar-refractivity contribution in [3.8, 4) is 5.75 Å². The van der Waals surface area contributed by atoms with E-state index in [0.29, 0.717) is 28.0 Å². The maximum Gasteiger partial charge on any atom is 0.344 e. The lowest BCUT2D eigenvalue weighted by atomic mass is 9.88. The zero-order valence-electron chi connectivity index (χ0n) is 21.7. The molecule has 0 aliphatic heterocycles. The minimum absolute atomic E-state index is 0.171. The van der Waals surface area contributed by atoms with Crippen LogP contribution in [0.4, 0.5) is 5.69 Å². The molecule has 1 aliphatic carbocycles. The second kappa shape index (κ2) is 11.9. The minimum atomic E-state index is -0.451. The SMILES string of the molecule is CC(C)OC(=O)COc1cc(N(C)C)ccc1C=Nn1c(C2CCCCC2)nc2ccc(Br)cc2c1=O. The van der Waals surface area contributed by atoms with Crippen molar-refractivity contribution in [2.24, 2.45) is 5.10 Å². The van der Waals surface area contributed by atoms with E-state index in [9.17, 15) is 9.59 Å². The van der Waals surface area contributed by atoms with Gasteiger partial charge in [-0.05, 0) is 57.0 Å². The lowest BCUT2D eigenvalue weighted by Gasteiger charge is -2.23. The summed E-state index contributed by atoms with van der Waals surface area (Å²) in [6.07, 6.45) is 6.75. The Kier molecular flexibility index (Phi) is 8.63. The van der Waals surface area contributed by atoms with E-state index in [1.165, 1.54) is 11.1 Å². The standard InChI is InChI=1S/C28H33BrN4O4/c1-18(2)37-26(34)17-36-25-15-22(32(3)4)12-10-20(25)16-30-33-27(19-8-6-5-7-9-19)31-24-13-11-21(29)14-23(24)28(33)35/h10-16,18-19H,5-9,17H2,1-4H3. The van der Waals surface area contributed by atoms with E-state index >= 15 is 0 Å². The zero-order valence-corrected chi connectivity index (χ0v) is 23.3. The van der Waals surface area contributed by atoms with Gasteiger partial charge in [-0.1, -0.05) is 35.2 Å². The van der Waals surface area contributed by atoms with Crippen molar-refractivity contribution < 1.29 is 14.3 Å². The molecular formula is C28H33BrN4O4. The molecule has 37 heavy (non-hydrogen) atoms. The van der Waals surface area contributed by atoms with Gasteiger partial charge in [0.1, 0.15) is 11.6 Å². The van der Waals surface area contributed by atoms with Crippen molar-refractivity contribution in [1.29, 1.82) is 0 Å². The summed E-state index contributed by atoms with van der Waals surface area (Å²) in [4.78, 5) is 32.5. The Labute approximate surface area is 225 Å². The second-order valence-corrected chi connectivity index (χ2v) is 10.7. The second-order valence-electron chi connectivity index (χ2n) is 9.77. The van der Waals surface area contributed by atoms with Crippen LogP contribution in [0.25, 0.3) is 10.9 Å².